The summed E-state index contributed by atoms with van der Waals surface area (Å²) in [5.41, 5.74) is 1.10. The molecule has 0 aliphatic carbocycles. The van der Waals surface area contributed by atoms with E-state index in [2.05, 4.69) is 5.32 Å². The first-order chi connectivity index (χ1) is 11.4. The molecule has 1 heterocycles. The molecule has 1 N–H and O–H groups in total. The van der Waals surface area contributed by atoms with Gasteiger partial charge in [0.15, 0.2) is 0 Å². The van der Waals surface area contributed by atoms with E-state index in [1.54, 1.807) is 6.92 Å². The third-order valence-corrected chi connectivity index (χ3v) is 3.76. The molecule has 0 aromatic heterocycles. The average molecular weight is 344 g/mol. The molecule has 1 saturated heterocycles. The second kappa shape index (κ2) is 8.14. The van der Waals surface area contributed by atoms with E-state index in [1.165, 1.54) is 23.1 Å². The highest BCUT2D eigenvalue weighted by atomic mass is 19.3. The fourth-order valence-corrected chi connectivity index (χ4v) is 2.67. The molecular formula is C16H19F3N2O3. The number of rotatable bonds is 6. The number of hydrogen-bond donors (Lipinski definition) is 1. The third kappa shape index (κ3) is 4.47. The van der Waals surface area contributed by atoms with Gasteiger partial charge in [0, 0.05) is 13.1 Å². The molecular weight excluding hydrogens is 325 g/mol. The number of benzene rings is 1. The second-order valence-electron chi connectivity index (χ2n) is 5.50. The van der Waals surface area contributed by atoms with Crippen molar-refractivity contribution in [3.05, 3.63) is 35.1 Å². The Morgan fingerprint density at radius 1 is 1.46 bits per heavy atom. The van der Waals surface area contributed by atoms with E-state index in [0.29, 0.717) is 24.2 Å². The number of carbonyl (C=O) groups is 2. The molecule has 8 heteroatoms. The molecule has 1 fully saturated rings. The van der Waals surface area contributed by atoms with Crippen LogP contribution in [0.1, 0.15) is 23.6 Å². The molecule has 132 valence electrons. The van der Waals surface area contributed by atoms with Gasteiger partial charge < -0.3 is 15.0 Å². The van der Waals surface area contributed by atoms with Gasteiger partial charge in [-0.25, -0.2) is 13.2 Å². The van der Waals surface area contributed by atoms with Crippen molar-refractivity contribution in [1.82, 2.24) is 10.2 Å². The van der Waals surface area contributed by atoms with Crippen LogP contribution in [0, 0.1) is 12.7 Å². The number of amides is 2. The van der Waals surface area contributed by atoms with Gasteiger partial charge in [-0.3, -0.25) is 9.59 Å². The van der Waals surface area contributed by atoms with Crippen LogP contribution in [0.4, 0.5) is 13.2 Å². The van der Waals surface area contributed by atoms with Crippen LogP contribution in [0.15, 0.2) is 18.2 Å². The molecule has 1 atom stereocenters. The first kappa shape index (κ1) is 18.3. The van der Waals surface area contributed by atoms with E-state index in [-0.39, 0.29) is 24.8 Å². The molecule has 1 aromatic carbocycles. The molecule has 0 radical (unpaired) electrons. The summed E-state index contributed by atoms with van der Waals surface area (Å²) < 4.78 is 42.0. The van der Waals surface area contributed by atoms with Gasteiger partial charge in [-0.2, -0.15) is 0 Å². The smallest absolute Gasteiger partial charge is 0.261 e. The highest BCUT2D eigenvalue weighted by molar-refractivity contribution is 5.90. The summed E-state index contributed by atoms with van der Waals surface area (Å²) in [5, 5.41) is 2.68. The van der Waals surface area contributed by atoms with E-state index in [0.717, 1.165) is 0 Å². The van der Waals surface area contributed by atoms with Crippen molar-refractivity contribution in [2.45, 2.75) is 25.8 Å². The van der Waals surface area contributed by atoms with Gasteiger partial charge in [0.2, 0.25) is 11.8 Å². The SMILES string of the molecule is Cc1cc(F)ccc1[C@H]1C(=O)NCCN1C(=O)CCOCC(F)F. The van der Waals surface area contributed by atoms with Crippen LogP contribution < -0.4 is 5.32 Å². The standard InChI is InChI=1S/C16H19F3N2O3/c1-10-8-11(17)2-3-12(10)15-16(23)20-5-6-21(15)14(22)4-7-24-9-13(18)19/h2-3,8,13,15H,4-7,9H2,1H3,(H,20,23)/t15-/m0/s1. The van der Waals surface area contributed by atoms with E-state index in [1.807, 2.05) is 0 Å². The van der Waals surface area contributed by atoms with Gasteiger partial charge in [0.05, 0.1) is 13.0 Å². The zero-order valence-electron chi connectivity index (χ0n) is 13.2. The molecule has 5 nitrogen and oxygen atoms in total. The number of hydrogen-bond acceptors (Lipinski definition) is 3. The number of halogens is 3. The summed E-state index contributed by atoms with van der Waals surface area (Å²) in [5.74, 6) is -1.14. The fraction of sp³-hybridized carbons (Fsp3) is 0.500. The van der Waals surface area contributed by atoms with Crippen molar-refractivity contribution in [1.29, 1.82) is 0 Å². The first-order valence-corrected chi connectivity index (χ1v) is 7.59. The van der Waals surface area contributed by atoms with Crippen LogP contribution in [0.25, 0.3) is 0 Å². The summed E-state index contributed by atoms with van der Waals surface area (Å²) in [6.07, 6.45) is -2.69. The Labute approximate surface area is 137 Å². The third-order valence-electron chi connectivity index (χ3n) is 3.76. The van der Waals surface area contributed by atoms with Crippen molar-refractivity contribution in [3.8, 4) is 0 Å². The summed E-state index contributed by atoms with van der Waals surface area (Å²) in [6.45, 7) is 1.39. The van der Waals surface area contributed by atoms with Crippen molar-refractivity contribution in [3.63, 3.8) is 0 Å². The molecule has 1 aromatic rings. The van der Waals surface area contributed by atoms with Gasteiger partial charge in [0.1, 0.15) is 18.5 Å². The lowest BCUT2D eigenvalue weighted by Gasteiger charge is -2.36. The zero-order valence-corrected chi connectivity index (χ0v) is 13.2. The minimum atomic E-state index is -2.59. The first-order valence-electron chi connectivity index (χ1n) is 7.59. The Hall–Kier alpha value is -2.09. The number of aryl methyl sites for hydroxylation is 1. The van der Waals surface area contributed by atoms with Crippen LogP contribution >= 0.6 is 0 Å². The zero-order chi connectivity index (χ0) is 17.7. The van der Waals surface area contributed by atoms with E-state index >= 15 is 0 Å². The monoisotopic (exact) mass is 344 g/mol. The summed E-state index contributed by atoms with van der Waals surface area (Å²) >= 11 is 0. The normalized spacial score (nSPS) is 18.0. The Balaban J connectivity index is 2.11. The molecule has 24 heavy (non-hydrogen) atoms. The van der Waals surface area contributed by atoms with Crippen molar-refractivity contribution >= 4 is 11.8 Å². The Morgan fingerprint density at radius 2 is 2.21 bits per heavy atom. The van der Waals surface area contributed by atoms with Crippen molar-refractivity contribution in [2.24, 2.45) is 0 Å². The summed E-state index contributed by atoms with van der Waals surface area (Å²) in [6, 6.07) is 3.15. The predicted octanol–water partition coefficient (Wildman–Crippen LogP) is 1.81. The van der Waals surface area contributed by atoms with Gasteiger partial charge in [0.25, 0.3) is 6.43 Å². The number of alkyl halides is 2. The van der Waals surface area contributed by atoms with Crippen LogP contribution in [0.3, 0.4) is 0 Å². The molecule has 1 aliphatic heterocycles. The lowest BCUT2D eigenvalue weighted by molar-refractivity contribution is -0.144. The van der Waals surface area contributed by atoms with Crippen molar-refractivity contribution < 1.29 is 27.5 Å². The van der Waals surface area contributed by atoms with E-state index in [4.69, 9.17) is 4.74 Å². The van der Waals surface area contributed by atoms with E-state index < -0.39 is 24.9 Å². The lowest BCUT2D eigenvalue weighted by atomic mass is 9.97. The maximum absolute atomic E-state index is 13.3. The molecule has 0 spiro atoms. The Morgan fingerprint density at radius 3 is 2.88 bits per heavy atom. The Bertz CT molecular complexity index is 610. The number of piperazine rings is 1. The van der Waals surface area contributed by atoms with E-state index in [9.17, 15) is 22.8 Å². The highest BCUT2D eigenvalue weighted by Gasteiger charge is 2.34. The fourth-order valence-electron chi connectivity index (χ4n) is 2.67. The predicted molar refractivity (Wildman–Crippen MR) is 80.0 cm³/mol. The van der Waals surface area contributed by atoms with Crippen LogP contribution in [-0.4, -0.2) is 49.4 Å². The molecule has 0 unspecified atom stereocenters. The number of carbonyl (C=O) groups excluding carboxylic acids is 2. The molecule has 2 rings (SSSR count). The van der Waals surface area contributed by atoms with Crippen LogP contribution in [-0.2, 0) is 14.3 Å². The summed E-state index contributed by atoms with van der Waals surface area (Å²) in [4.78, 5) is 26.0. The summed E-state index contributed by atoms with van der Waals surface area (Å²) in [7, 11) is 0. The number of nitrogens with zero attached hydrogens (tertiary/aromatic N) is 1. The molecule has 1 aliphatic rings. The van der Waals surface area contributed by atoms with Crippen molar-refractivity contribution in [2.75, 3.05) is 26.3 Å². The lowest BCUT2D eigenvalue weighted by Crippen LogP contribution is -2.52. The molecule has 0 saturated carbocycles. The maximum Gasteiger partial charge on any atom is 0.261 e. The van der Waals surface area contributed by atoms with Gasteiger partial charge in [-0.15, -0.1) is 0 Å². The molecule has 0 bridgehead atoms. The quantitative estimate of drug-likeness (QED) is 0.801. The Kier molecular flexibility index (Phi) is 6.19. The van der Waals surface area contributed by atoms with Gasteiger partial charge >= 0.3 is 0 Å². The maximum atomic E-state index is 13.3. The van der Waals surface area contributed by atoms with Crippen LogP contribution in [0.5, 0.6) is 0 Å². The van der Waals surface area contributed by atoms with Crippen LogP contribution in [0.2, 0.25) is 0 Å². The minimum absolute atomic E-state index is 0.100. The minimum Gasteiger partial charge on any atom is -0.375 e. The molecule has 2 amide bonds. The topological polar surface area (TPSA) is 58.6 Å². The van der Waals surface area contributed by atoms with Gasteiger partial charge in [-0.1, -0.05) is 6.07 Å². The largest absolute Gasteiger partial charge is 0.375 e. The average Bonchev–Trinajstić information content (AvgIpc) is 2.52. The number of nitrogens with one attached hydrogen (secondary N) is 1. The second-order valence-corrected chi connectivity index (χ2v) is 5.50. The number of ether oxygens (including phenoxy) is 1. The highest BCUT2D eigenvalue weighted by Crippen LogP contribution is 2.27. The van der Waals surface area contributed by atoms with Gasteiger partial charge in [-0.05, 0) is 30.2 Å².